The molecule has 0 aliphatic rings. The van der Waals surface area contributed by atoms with Gasteiger partial charge in [-0.3, -0.25) is 0 Å². The van der Waals surface area contributed by atoms with Crippen LogP contribution in [0.25, 0.3) is 0 Å². The van der Waals surface area contributed by atoms with E-state index >= 15 is 0 Å². The lowest BCUT2D eigenvalue weighted by Crippen LogP contribution is -1.97. The summed E-state index contributed by atoms with van der Waals surface area (Å²) in [5.74, 6) is 0. The monoisotopic (exact) mass is 174 g/mol. The molecule has 56 valence electrons. The third kappa shape index (κ3) is 1.97. The molecule has 0 aliphatic heterocycles. The van der Waals surface area contributed by atoms with E-state index in [1.165, 1.54) is 16.4 Å². The van der Waals surface area contributed by atoms with Gasteiger partial charge in [0.05, 0.1) is 0 Å². The van der Waals surface area contributed by atoms with Gasteiger partial charge >= 0.3 is 0 Å². The largest absolute Gasteiger partial charge is 0.147 e. The molecule has 0 aliphatic carbocycles. The van der Waals surface area contributed by atoms with Gasteiger partial charge in [0.1, 0.15) is 0 Å². The molecule has 0 radical (unpaired) electrons. The lowest BCUT2D eigenvalue weighted by Gasteiger charge is -2.00. The Balaban J connectivity index is 0.000000810. The smallest absolute Gasteiger partial charge is 0.0271 e. The zero-order chi connectivity index (χ0) is 6.85. The van der Waals surface area contributed by atoms with Crippen LogP contribution in [-0.2, 0) is 0 Å². The summed E-state index contributed by atoms with van der Waals surface area (Å²) >= 11 is 0. The Hall–Kier alpha value is -0.0600. The van der Waals surface area contributed by atoms with Crippen LogP contribution >= 0.6 is 21.6 Å². The van der Waals surface area contributed by atoms with Gasteiger partial charge in [-0.15, -0.1) is 21.6 Å². The lowest BCUT2D eigenvalue weighted by molar-refractivity contribution is 1.37. The maximum Gasteiger partial charge on any atom is -0.0271 e. The zero-order valence-corrected chi connectivity index (χ0v) is 8.19. The van der Waals surface area contributed by atoms with Crippen molar-refractivity contribution in [3.63, 3.8) is 0 Å². The standard InChI is InChI=1S/C8H11P.ClH/c1-6-4-3-5-8(9)7(6)2;/h3-5H,9H2,1-2H3;1H. The number of rotatable bonds is 0. The molecular weight excluding hydrogens is 163 g/mol. The lowest BCUT2D eigenvalue weighted by atomic mass is 10.1. The van der Waals surface area contributed by atoms with E-state index in [9.17, 15) is 0 Å². The highest BCUT2D eigenvalue weighted by Crippen LogP contribution is 2.04. The van der Waals surface area contributed by atoms with Crippen molar-refractivity contribution in [1.29, 1.82) is 0 Å². The summed E-state index contributed by atoms with van der Waals surface area (Å²) in [5, 5.41) is 1.30. The molecule has 1 unspecified atom stereocenters. The van der Waals surface area contributed by atoms with E-state index in [2.05, 4.69) is 41.3 Å². The van der Waals surface area contributed by atoms with Crippen LogP contribution in [0.1, 0.15) is 11.1 Å². The van der Waals surface area contributed by atoms with E-state index in [0.717, 1.165) is 0 Å². The molecule has 0 aromatic heterocycles. The zero-order valence-electron chi connectivity index (χ0n) is 6.22. The number of benzene rings is 1. The Bertz CT molecular complexity index is 200. The molecule has 0 saturated heterocycles. The summed E-state index contributed by atoms with van der Waals surface area (Å²) in [5.41, 5.74) is 2.74. The average molecular weight is 175 g/mol. The Morgan fingerprint density at radius 3 is 2.20 bits per heavy atom. The average Bonchev–Trinajstić information content (AvgIpc) is 1.83. The van der Waals surface area contributed by atoms with Gasteiger partial charge in [0.25, 0.3) is 0 Å². The van der Waals surface area contributed by atoms with Crippen molar-refractivity contribution in [2.75, 3.05) is 0 Å². The number of hydrogen-bond donors (Lipinski definition) is 0. The molecule has 0 heterocycles. The van der Waals surface area contributed by atoms with Gasteiger partial charge < -0.3 is 0 Å². The number of halogens is 1. The fourth-order valence-electron chi connectivity index (χ4n) is 0.774. The van der Waals surface area contributed by atoms with Crippen LogP contribution in [0.4, 0.5) is 0 Å². The van der Waals surface area contributed by atoms with Gasteiger partial charge in [0.2, 0.25) is 0 Å². The first kappa shape index (κ1) is 9.94. The predicted octanol–water partition coefficient (Wildman–Crippen LogP) is 2.23. The SMILES string of the molecule is Cc1cccc(P)c1C.Cl. The molecule has 1 aromatic carbocycles. The first-order valence-electron chi connectivity index (χ1n) is 3.03. The second-order valence-electron chi connectivity index (χ2n) is 2.29. The van der Waals surface area contributed by atoms with Crippen molar-refractivity contribution < 1.29 is 0 Å². The minimum absolute atomic E-state index is 0. The van der Waals surface area contributed by atoms with Gasteiger partial charge in [-0.25, -0.2) is 0 Å². The molecule has 1 rings (SSSR count). The van der Waals surface area contributed by atoms with E-state index < -0.39 is 0 Å². The molecule has 0 amide bonds. The molecule has 0 saturated carbocycles. The van der Waals surface area contributed by atoms with Crippen molar-refractivity contribution in [2.24, 2.45) is 0 Å². The predicted molar refractivity (Wildman–Crippen MR) is 52.5 cm³/mol. The van der Waals surface area contributed by atoms with E-state index in [1.807, 2.05) is 0 Å². The molecule has 2 heteroatoms. The Morgan fingerprint density at radius 1 is 1.20 bits per heavy atom. The van der Waals surface area contributed by atoms with Crippen molar-refractivity contribution in [3.8, 4) is 0 Å². The molecule has 1 aromatic rings. The van der Waals surface area contributed by atoms with Gasteiger partial charge in [-0.2, -0.15) is 0 Å². The van der Waals surface area contributed by atoms with Crippen molar-refractivity contribution >= 4 is 27.0 Å². The van der Waals surface area contributed by atoms with E-state index in [1.54, 1.807) is 0 Å². The van der Waals surface area contributed by atoms with Gasteiger partial charge in [-0.1, -0.05) is 18.2 Å². The highest BCUT2D eigenvalue weighted by atomic mass is 35.5. The van der Waals surface area contributed by atoms with Gasteiger partial charge in [0, 0.05) is 0 Å². The Labute approximate surface area is 70.6 Å². The molecule has 0 N–H and O–H groups in total. The van der Waals surface area contributed by atoms with Crippen LogP contribution in [0.15, 0.2) is 18.2 Å². The summed E-state index contributed by atoms with van der Waals surface area (Å²) in [6.07, 6.45) is 0. The fourth-order valence-corrected chi connectivity index (χ4v) is 1.11. The van der Waals surface area contributed by atoms with E-state index in [0.29, 0.717) is 0 Å². The molecule has 0 spiro atoms. The van der Waals surface area contributed by atoms with Crippen LogP contribution < -0.4 is 5.30 Å². The third-order valence-corrected chi connectivity index (χ3v) is 2.27. The summed E-state index contributed by atoms with van der Waals surface area (Å²) < 4.78 is 0. The van der Waals surface area contributed by atoms with Crippen LogP contribution in [0, 0.1) is 13.8 Å². The fraction of sp³-hybridized carbons (Fsp3) is 0.250. The summed E-state index contributed by atoms with van der Waals surface area (Å²) in [7, 11) is 2.72. The molecular formula is C8H12ClP. The summed E-state index contributed by atoms with van der Waals surface area (Å²) in [6, 6.07) is 6.31. The summed E-state index contributed by atoms with van der Waals surface area (Å²) in [4.78, 5) is 0. The van der Waals surface area contributed by atoms with Crippen LogP contribution in [0.2, 0.25) is 0 Å². The molecule has 0 nitrogen and oxygen atoms in total. The van der Waals surface area contributed by atoms with E-state index in [-0.39, 0.29) is 12.4 Å². The maximum atomic E-state index is 2.72. The minimum Gasteiger partial charge on any atom is -0.147 e. The molecule has 10 heavy (non-hydrogen) atoms. The summed E-state index contributed by atoms with van der Waals surface area (Å²) in [6.45, 7) is 4.26. The highest BCUT2D eigenvalue weighted by molar-refractivity contribution is 7.27. The second kappa shape index (κ2) is 3.95. The van der Waals surface area contributed by atoms with Gasteiger partial charge in [0.15, 0.2) is 0 Å². The topological polar surface area (TPSA) is 0 Å². The normalized spacial score (nSPS) is 8.70. The first-order chi connectivity index (χ1) is 4.22. The third-order valence-electron chi connectivity index (χ3n) is 1.65. The Kier molecular flexibility index (Phi) is 3.93. The Morgan fingerprint density at radius 2 is 1.80 bits per heavy atom. The van der Waals surface area contributed by atoms with Crippen LogP contribution in [-0.4, -0.2) is 0 Å². The first-order valence-corrected chi connectivity index (χ1v) is 3.61. The maximum absolute atomic E-state index is 2.72. The van der Waals surface area contributed by atoms with Gasteiger partial charge in [-0.05, 0) is 30.3 Å². The highest BCUT2D eigenvalue weighted by Gasteiger charge is 1.92. The number of hydrogen-bond acceptors (Lipinski definition) is 0. The molecule has 0 fully saturated rings. The second-order valence-corrected chi connectivity index (χ2v) is 2.91. The number of aryl methyl sites for hydroxylation is 1. The van der Waals surface area contributed by atoms with Crippen molar-refractivity contribution in [3.05, 3.63) is 29.3 Å². The van der Waals surface area contributed by atoms with Crippen molar-refractivity contribution in [2.45, 2.75) is 13.8 Å². The van der Waals surface area contributed by atoms with Crippen LogP contribution in [0.3, 0.4) is 0 Å². The van der Waals surface area contributed by atoms with Crippen LogP contribution in [0.5, 0.6) is 0 Å². The quantitative estimate of drug-likeness (QED) is 0.529. The minimum atomic E-state index is 0. The molecule has 1 atom stereocenters. The van der Waals surface area contributed by atoms with E-state index in [4.69, 9.17) is 0 Å². The van der Waals surface area contributed by atoms with Crippen molar-refractivity contribution in [1.82, 2.24) is 0 Å². The molecule has 0 bridgehead atoms.